The summed E-state index contributed by atoms with van der Waals surface area (Å²) in [4.78, 5) is 13.7. The quantitative estimate of drug-likeness (QED) is 0.684. The van der Waals surface area contributed by atoms with Crippen molar-refractivity contribution in [1.82, 2.24) is 4.90 Å². The molecule has 1 saturated carbocycles. The summed E-state index contributed by atoms with van der Waals surface area (Å²) >= 11 is 0. The van der Waals surface area contributed by atoms with Gasteiger partial charge < -0.3 is 9.64 Å². The highest BCUT2D eigenvalue weighted by Crippen LogP contribution is 2.53. The number of amides is 1. The van der Waals surface area contributed by atoms with E-state index in [9.17, 15) is 4.79 Å². The van der Waals surface area contributed by atoms with Gasteiger partial charge in [0.05, 0.1) is 0 Å². The molecule has 0 aromatic carbocycles. The summed E-state index contributed by atoms with van der Waals surface area (Å²) in [7, 11) is 0. The lowest BCUT2D eigenvalue weighted by atomic mass is 9.57. The second-order valence-corrected chi connectivity index (χ2v) is 7.61. The molecule has 2 rings (SSSR count). The molecule has 1 spiro atoms. The van der Waals surface area contributed by atoms with Crippen molar-refractivity contribution in [3.8, 4) is 0 Å². The Morgan fingerprint density at radius 1 is 1.29 bits per heavy atom. The Balaban J connectivity index is 0.00000106. The van der Waals surface area contributed by atoms with Crippen LogP contribution in [-0.2, 0) is 4.74 Å². The van der Waals surface area contributed by atoms with Gasteiger partial charge in [0.25, 0.3) is 0 Å². The van der Waals surface area contributed by atoms with Crippen molar-refractivity contribution in [3.05, 3.63) is 12.2 Å². The Bertz CT molecular complexity index is 367. The molecule has 2 aliphatic rings. The first-order chi connectivity index (χ1) is 9.69. The summed E-state index contributed by atoms with van der Waals surface area (Å²) in [5, 5.41) is 0. The molecule has 21 heavy (non-hydrogen) atoms. The molecule has 122 valence electrons. The minimum atomic E-state index is -0.385. The molecular weight excluding hydrogens is 262 g/mol. The lowest BCUT2D eigenvalue weighted by Gasteiger charge is -2.59. The van der Waals surface area contributed by atoms with E-state index in [1.807, 2.05) is 39.5 Å². The second kappa shape index (κ2) is 6.85. The van der Waals surface area contributed by atoms with Gasteiger partial charge in [0.2, 0.25) is 0 Å². The van der Waals surface area contributed by atoms with E-state index in [0.717, 1.165) is 25.4 Å². The Labute approximate surface area is 130 Å². The monoisotopic (exact) mass is 295 g/mol. The molecule has 1 heterocycles. The summed E-state index contributed by atoms with van der Waals surface area (Å²) in [5.74, 6) is 0.845. The van der Waals surface area contributed by atoms with E-state index in [0.29, 0.717) is 5.41 Å². The third-order valence-electron chi connectivity index (χ3n) is 4.13. The highest BCUT2D eigenvalue weighted by Gasteiger charge is 2.53. The molecule has 0 aromatic heterocycles. The Kier molecular flexibility index (Phi) is 5.89. The van der Waals surface area contributed by atoms with Gasteiger partial charge in [-0.25, -0.2) is 4.79 Å². The smallest absolute Gasteiger partial charge is 0.410 e. The van der Waals surface area contributed by atoms with Crippen LogP contribution in [0.3, 0.4) is 0 Å². The van der Waals surface area contributed by atoms with Crippen LogP contribution >= 0.6 is 0 Å². The van der Waals surface area contributed by atoms with Gasteiger partial charge in [0.1, 0.15) is 5.60 Å². The van der Waals surface area contributed by atoms with Crippen molar-refractivity contribution in [2.45, 2.75) is 72.8 Å². The van der Waals surface area contributed by atoms with Crippen LogP contribution in [0.25, 0.3) is 0 Å². The van der Waals surface area contributed by atoms with Crippen molar-refractivity contribution < 1.29 is 9.53 Å². The van der Waals surface area contributed by atoms with Crippen LogP contribution < -0.4 is 0 Å². The van der Waals surface area contributed by atoms with Gasteiger partial charge in [0, 0.05) is 18.5 Å². The summed E-state index contributed by atoms with van der Waals surface area (Å²) < 4.78 is 5.38. The van der Waals surface area contributed by atoms with Gasteiger partial charge in [-0.1, -0.05) is 19.4 Å². The number of nitrogens with zero attached hydrogens (tertiary/aromatic N) is 1. The number of hydrogen-bond acceptors (Lipinski definition) is 2. The van der Waals surface area contributed by atoms with Crippen molar-refractivity contribution in [2.24, 2.45) is 11.3 Å². The fourth-order valence-corrected chi connectivity index (χ4v) is 3.30. The largest absolute Gasteiger partial charge is 0.444 e. The van der Waals surface area contributed by atoms with Crippen molar-refractivity contribution in [2.75, 3.05) is 13.1 Å². The third kappa shape index (κ3) is 5.05. The van der Waals surface area contributed by atoms with Crippen molar-refractivity contribution in [1.29, 1.82) is 0 Å². The maximum absolute atomic E-state index is 11.9. The zero-order chi connectivity index (χ0) is 16.3. The lowest BCUT2D eigenvalue weighted by Crippen LogP contribution is -2.64. The normalized spacial score (nSPS) is 20.0. The van der Waals surface area contributed by atoms with Crippen LogP contribution in [0.2, 0.25) is 0 Å². The molecule has 0 unspecified atom stereocenters. The molecule has 0 N–H and O–H groups in total. The Morgan fingerprint density at radius 3 is 2.24 bits per heavy atom. The Morgan fingerprint density at radius 2 is 1.81 bits per heavy atom. The van der Waals surface area contributed by atoms with Crippen LogP contribution in [0.15, 0.2) is 12.2 Å². The van der Waals surface area contributed by atoms with E-state index in [-0.39, 0.29) is 11.7 Å². The van der Waals surface area contributed by atoms with Crippen LogP contribution in [0.1, 0.15) is 67.2 Å². The summed E-state index contributed by atoms with van der Waals surface area (Å²) in [6, 6.07) is 0. The molecule has 3 nitrogen and oxygen atoms in total. The minimum absolute atomic E-state index is 0.150. The molecule has 1 aliphatic heterocycles. The van der Waals surface area contributed by atoms with Crippen molar-refractivity contribution in [3.63, 3.8) is 0 Å². The number of carbonyl (C=O) groups excluding carboxylic acids is 1. The van der Waals surface area contributed by atoms with Crippen LogP contribution in [-0.4, -0.2) is 29.7 Å². The predicted octanol–water partition coefficient (Wildman–Crippen LogP) is 5.02. The van der Waals surface area contributed by atoms with Gasteiger partial charge >= 0.3 is 6.09 Å². The average molecular weight is 295 g/mol. The van der Waals surface area contributed by atoms with E-state index in [2.05, 4.69) is 13.5 Å². The number of rotatable bonds is 3. The highest BCUT2D eigenvalue weighted by molar-refractivity contribution is 5.69. The molecule has 1 saturated heterocycles. The number of likely N-dealkylation sites (tertiary alicyclic amines) is 1. The number of hydrogen-bond donors (Lipinski definition) is 0. The van der Waals surface area contributed by atoms with Gasteiger partial charge in [-0.05, 0) is 59.3 Å². The molecule has 0 bridgehead atoms. The van der Waals surface area contributed by atoms with Crippen LogP contribution in [0.4, 0.5) is 4.79 Å². The SMILES string of the molecule is C=C(C)CCC1CC2(C1)CN(C(=O)OC(C)(C)C)C2.CC. The molecule has 3 heteroatoms. The molecular formula is C18H33NO2. The second-order valence-electron chi connectivity index (χ2n) is 7.61. The molecule has 0 radical (unpaired) electrons. The average Bonchev–Trinajstić information content (AvgIpc) is 2.24. The highest BCUT2D eigenvalue weighted by atomic mass is 16.6. The summed E-state index contributed by atoms with van der Waals surface area (Å²) in [5.41, 5.74) is 1.32. The van der Waals surface area contributed by atoms with E-state index >= 15 is 0 Å². The Hall–Kier alpha value is -0.990. The summed E-state index contributed by atoms with van der Waals surface area (Å²) in [6.45, 7) is 17.6. The van der Waals surface area contributed by atoms with Crippen LogP contribution in [0, 0.1) is 11.3 Å². The first kappa shape index (κ1) is 18.1. The number of carbonyl (C=O) groups is 1. The lowest BCUT2D eigenvalue weighted by molar-refractivity contribution is -0.0963. The zero-order valence-electron chi connectivity index (χ0n) is 14.8. The molecule has 0 aromatic rings. The maximum Gasteiger partial charge on any atom is 0.410 e. The van der Waals surface area contributed by atoms with Gasteiger partial charge in [-0.3, -0.25) is 0 Å². The molecule has 2 fully saturated rings. The topological polar surface area (TPSA) is 29.5 Å². The number of ether oxygens (including phenoxy) is 1. The minimum Gasteiger partial charge on any atom is -0.444 e. The maximum atomic E-state index is 11.9. The van der Waals surface area contributed by atoms with Gasteiger partial charge in [-0.15, -0.1) is 6.58 Å². The van der Waals surface area contributed by atoms with E-state index in [1.165, 1.54) is 24.8 Å². The van der Waals surface area contributed by atoms with Gasteiger partial charge in [-0.2, -0.15) is 0 Å². The van der Waals surface area contributed by atoms with E-state index in [1.54, 1.807) is 0 Å². The predicted molar refractivity (Wildman–Crippen MR) is 88.4 cm³/mol. The number of allylic oxidation sites excluding steroid dienone is 1. The zero-order valence-corrected chi connectivity index (χ0v) is 14.8. The fraction of sp³-hybridized carbons (Fsp3) is 0.833. The first-order valence-electron chi connectivity index (χ1n) is 8.31. The van der Waals surface area contributed by atoms with Gasteiger partial charge in [0.15, 0.2) is 0 Å². The van der Waals surface area contributed by atoms with Crippen molar-refractivity contribution >= 4 is 6.09 Å². The third-order valence-corrected chi connectivity index (χ3v) is 4.13. The molecule has 1 amide bonds. The fourth-order valence-electron chi connectivity index (χ4n) is 3.30. The molecule has 1 aliphatic carbocycles. The van der Waals surface area contributed by atoms with Crippen LogP contribution in [0.5, 0.6) is 0 Å². The summed E-state index contributed by atoms with van der Waals surface area (Å²) in [6.07, 6.45) is 4.82. The van der Waals surface area contributed by atoms with E-state index in [4.69, 9.17) is 4.74 Å². The standard InChI is InChI=1S/C16H27NO2.C2H6/c1-12(2)6-7-13-8-16(9-13)10-17(11-16)14(18)19-15(3,4)5;1-2/h13H,1,6-11H2,2-5H3;1-2H3. The van der Waals surface area contributed by atoms with E-state index < -0.39 is 0 Å². The molecule has 0 atom stereocenters. The first-order valence-corrected chi connectivity index (χ1v) is 8.31.